The summed E-state index contributed by atoms with van der Waals surface area (Å²) in [5.74, 6) is -0.861. The maximum absolute atomic E-state index is 12.9. The van der Waals surface area contributed by atoms with Crippen LogP contribution in [0.1, 0.15) is 15.9 Å². The Bertz CT molecular complexity index is 1560. The van der Waals surface area contributed by atoms with E-state index in [1.807, 2.05) is 54.6 Å². The van der Waals surface area contributed by atoms with Gasteiger partial charge in [-0.2, -0.15) is 0 Å². The smallest absolute Gasteiger partial charge is 0.343 e. The lowest BCUT2D eigenvalue weighted by Gasteiger charge is -2.32. The first kappa shape index (κ1) is 27.0. The second-order valence-corrected chi connectivity index (χ2v) is 9.87. The fraction of sp³-hybridized carbons (Fsp3) is 0.226. The molecule has 3 aromatic rings. The van der Waals surface area contributed by atoms with Crippen LogP contribution in [0.25, 0.3) is 11.8 Å². The highest BCUT2D eigenvalue weighted by Gasteiger charge is 2.19. The Morgan fingerprint density at radius 1 is 0.975 bits per heavy atom. The molecule has 204 valence electrons. The largest absolute Gasteiger partial charge is 0.429 e. The zero-order valence-corrected chi connectivity index (χ0v) is 22.5. The van der Waals surface area contributed by atoms with Crippen molar-refractivity contribution < 1.29 is 19.1 Å². The van der Waals surface area contributed by atoms with Gasteiger partial charge in [0.1, 0.15) is 6.26 Å². The summed E-state index contributed by atoms with van der Waals surface area (Å²) in [4.78, 5) is 47.2. The highest BCUT2D eigenvalue weighted by molar-refractivity contribution is 6.06. The van der Waals surface area contributed by atoms with E-state index >= 15 is 0 Å². The van der Waals surface area contributed by atoms with Crippen LogP contribution in [0.15, 0.2) is 84.1 Å². The molecular weight excluding hydrogens is 506 g/mol. The van der Waals surface area contributed by atoms with Crippen molar-refractivity contribution in [3.8, 4) is 0 Å². The molecule has 0 radical (unpaired) electrons. The van der Waals surface area contributed by atoms with Crippen molar-refractivity contribution in [2.45, 2.75) is 0 Å². The van der Waals surface area contributed by atoms with Crippen molar-refractivity contribution in [2.24, 2.45) is 4.99 Å². The third-order valence-corrected chi connectivity index (χ3v) is 7.01. The fourth-order valence-electron chi connectivity index (χ4n) is 4.51. The highest BCUT2D eigenvalue weighted by atomic mass is 16.5. The van der Waals surface area contributed by atoms with Crippen LogP contribution in [0.2, 0.25) is 0 Å². The van der Waals surface area contributed by atoms with Crippen LogP contribution in [0.5, 0.6) is 0 Å². The Hall–Kier alpha value is -4.60. The minimum atomic E-state index is -0.566. The number of carbonyl (C=O) groups is 3. The Kier molecular flexibility index (Phi) is 8.14. The number of anilines is 2. The number of carbonyl (C=O) groups excluding carboxylic acids is 3. The molecular formula is C31H31N5O4. The summed E-state index contributed by atoms with van der Waals surface area (Å²) in [6.07, 6.45) is 2.80. The van der Waals surface area contributed by atoms with Gasteiger partial charge < -0.3 is 19.9 Å². The quantitative estimate of drug-likeness (QED) is 0.348. The third-order valence-electron chi connectivity index (χ3n) is 7.01. The van der Waals surface area contributed by atoms with Crippen LogP contribution in [-0.2, 0) is 14.3 Å². The maximum Gasteiger partial charge on any atom is 0.343 e. The molecule has 0 saturated carbocycles. The summed E-state index contributed by atoms with van der Waals surface area (Å²) in [6.45, 7) is 4.10. The molecule has 0 aliphatic carbocycles. The van der Waals surface area contributed by atoms with Crippen LogP contribution < -0.4 is 20.8 Å². The van der Waals surface area contributed by atoms with E-state index in [4.69, 9.17) is 4.74 Å². The minimum absolute atomic E-state index is 0.0451. The van der Waals surface area contributed by atoms with Crippen molar-refractivity contribution in [1.29, 1.82) is 0 Å². The Morgan fingerprint density at radius 2 is 1.70 bits per heavy atom. The van der Waals surface area contributed by atoms with Crippen molar-refractivity contribution in [3.63, 3.8) is 0 Å². The van der Waals surface area contributed by atoms with Gasteiger partial charge in [-0.3, -0.25) is 14.5 Å². The number of ether oxygens (including phenoxy) is 1. The van der Waals surface area contributed by atoms with Crippen molar-refractivity contribution in [3.05, 3.63) is 101 Å². The molecule has 0 spiro atoms. The molecule has 5 rings (SSSR count). The second kappa shape index (κ2) is 12.1. The molecule has 0 atom stereocenters. The molecule has 1 N–H and O–H groups in total. The molecule has 40 heavy (non-hydrogen) atoms. The van der Waals surface area contributed by atoms with Gasteiger partial charge in [-0.15, -0.1) is 0 Å². The van der Waals surface area contributed by atoms with Crippen LogP contribution in [-0.4, -0.2) is 74.4 Å². The van der Waals surface area contributed by atoms with Gasteiger partial charge in [0.05, 0.1) is 23.2 Å². The monoisotopic (exact) mass is 537 g/mol. The number of benzene rings is 3. The normalized spacial score (nSPS) is 15.6. The van der Waals surface area contributed by atoms with Crippen molar-refractivity contribution >= 4 is 40.9 Å². The predicted octanol–water partition coefficient (Wildman–Crippen LogP) is 2.10. The summed E-state index contributed by atoms with van der Waals surface area (Å²) < 4.78 is 5.51. The lowest BCUT2D eigenvalue weighted by molar-refractivity contribution is -0.119. The van der Waals surface area contributed by atoms with Crippen molar-refractivity contribution in [1.82, 2.24) is 9.80 Å². The number of esters is 1. The zero-order chi connectivity index (χ0) is 28.1. The molecule has 1 fully saturated rings. The Labute approximate surface area is 232 Å². The minimum Gasteiger partial charge on any atom is -0.429 e. The summed E-state index contributed by atoms with van der Waals surface area (Å²) >= 11 is 0. The molecule has 9 heteroatoms. The first-order valence-electron chi connectivity index (χ1n) is 13.1. The lowest BCUT2D eigenvalue weighted by Crippen LogP contribution is -2.48. The van der Waals surface area contributed by atoms with E-state index in [0.717, 1.165) is 43.1 Å². The molecule has 2 aliphatic rings. The number of piperazine rings is 1. The number of nitrogens with one attached hydrogen (secondary N) is 1. The van der Waals surface area contributed by atoms with Crippen LogP contribution in [0.3, 0.4) is 0 Å². The standard InChI is InChI=1S/C31H31N5O4/c1-34-14-16-36(17-15-34)20-30(38)35(2)26-12-10-25(11-13-26)32-28(22-6-4-3-5-7-22)21-40-31(39)24-9-8-23-19-29(37)33-27(23)18-24/h3-13,18-19,21,32H,14-17,20H2,1-2H3. The van der Waals surface area contributed by atoms with E-state index in [1.165, 1.54) is 12.3 Å². The average molecular weight is 538 g/mol. The Balaban J connectivity index is 1.27. The average Bonchev–Trinajstić information content (AvgIpc) is 3.36. The number of fused-ring (bicyclic) bond motifs is 1. The third kappa shape index (κ3) is 6.51. The molecule has 3 aromatic carbocycles. The number of hydrogen-bond acceptors (Lipinski definition) is 7. The van der Waals surface area contributed by atoms with E-state index in [2.05, 4.69) is 27.2 Å². The number of amides is 2. The number of hydrogen-bond donors (Lipinski definition) is 1. The predicted molar refractivity (Wildman–Crippen MR) is 154 cm³/mol. The summed E-state index contributed by atoms with van der Waals surface area (Å²) in [5, 5.41) is 4.45. The van der Waals surface area contributed by atoms with Gasteiger partial charge in [0.25, 0.3) is 5.91 Å². The van der Waals surface area contributed by atoms with E-state index in [9.17, 15) is 14.4 Å². The van der Waals surface area contributed by atoms with E-state index < -0.39 is 5.97 Å². The SMILES string of the molecule is CN1CCN(CC(=O)N(C)c2ccc(NC(=COC(=O)c3ccc4c(c3)=NC(=O)C=4)c3ccccc3)cc2)CC1. The van der Waals surface area contributed by atoms with E-state index in [0.29, 0.717) is 28.4 Å². The lowest BCUT2D eigenvalue weighted by atomic mass is 10.1. The summed E-state index contributed by atoms with van der Waals surface area (Å²) in [5.41, 5.74) is 3.25. The zero-order valence-electron chi connectivity index (χ0n) is 22.5. The second-order valence-electron chi connectivity index (χ2n) is 9.87. The molecule has 2 amide bonds. The topological polar surface area (TPSA) is 94.6 Å². The van der Waals surface area contributed by atoms with Crippen LogP contribution >= 0.6 is 0 Å². The van der Waals surface area contributed by atoms with Gasteiger partial charge in [0.2, 0.25) is 5.91 Å². The van der Waals surface area contributed by atoms with Gasteiger partial charge in [0.15, 0.2) is 0 Å². The van der Waals surface area contributed by atoms with Crippen molar-refractivity contribution in [2.75, 3.05) is 57.0 Å². The van der Waals surface area contributed by atoms with Crippen LogP contribution in [0, 0.1) is 0 Å². The molecule has 0 bridgehead atoms. The fourth-order valence-corrected chi connectivity index (χ4v) is 4.51. The first-order chi connectivity index (χ1) is 19.4. The molecule has 0 unspecified atom stereocenters. The number of likely N-dealkylation sites (N-methyl/N-ethyl adjacent to an activating group) is 2. The number of rotatable bonds is 8. The molecule has 0 aromatic heterocycles. The van der Waals surface area contributed by atoms with Gasteiger partial charge >= 0.3 is 5.97 Å². The van der Waals surface area contributed by atoms with Gasteiger partial charge in [-0.05, 0) is 43.4 Å². The number of nitrogens with zero attached hydrogens (tertiary/aromatic N) is 4. The molecule has 2 aliphatic heterocycles. The molecule has 2 heterocycles. The van der Waals surface area contributed by atoms with Gasteiger partial charge in [-0.25, -0.2) is 9.79 Å². The Morgan fingerprint density at radius 3 is 2.42 bits per heavy atom. The maximum atomic E-state index is 12.9. The summed E-state index contributed by atoms with van der Waals surface area (Å²) in [6, 6.07) is 21.8. The van der Waals surface area contributed by atoms with E-state index in [1.54, 1.807) is 30.1 Å². The molecule has 1 saturated heterocycles. The van der Waals surface area contributed by atoms with E-state index in [-0.39, 0.29) is 11.8 Å². The van der Waals surface area contributed by atoms with Gasteiger partial charge in [-0.1, -0.05) is 36.4 Å². The van der Waals surface area contributed by atoms with Gasteiger partial charge in [0, 0.05) is 61.5 Å². The molecule has 9 nitrogen and oxygen atoms in total. The summed E-state index contributed by atoms with van der Waals surface area (Å²) in [7, 11) is 3.88. The van der Waals surface area contributed by atoms with Crippen LogP contribution in [0.4, 0.5) is 11.4 Å². The first-order valence-corrected chi connectivity index (χ1v) is 13.1. The highest BCUT2D eigenvalue weighted by Crippen LogP contribution is 2.22.